The van der Waals surface area contributed by atoms with Gasteiger partial charge in [-0.25, -0.2) is 4.79 Å². The van der Waals surface area contributed by atoms with Gasteiger partial charge in [-0.05, 0) is 28.1 Å². The number of aromatic carboxylic acids is 1. The SMILES string of the molecule is COc1cc(Br)c(NC(C)=O)c(C(=O)O)c1. The first kappa shape index (κ1) is 12.5. The number of ether oxygens (including phenoxy) is 1. The number of carbonyl (C=O) groups is 2. The zero-order chi connectivity index (χ0) is 12.3. The molecule has 0 bridgehead atoms. The first-order chi connectivity index (χ1) is 7.45. The van der Waals surface area contributed by atoms with Gasteiger partial charge in [-0.3, -0.25) is 4.79 Å². The molecule has 0 spiro atoms. The number of amides is 1. The molecule has 1 rings (SSSR count). The van der Waals surface area contributed by atoms with Crippen LogP contribution < -0.4 is 10.1 Å². The number of rotatable bonds is 3. The molecule has 0 heterocycles. The van der Waals surface area contributed by atoms with Crippen LogP contribution in [0.1, 0.15) is 17.3 Å². The van der Waals surface area contributed by atoms with Gasteiger partial charge in [-0.1, -0.05) is 0 Å². The van der Waals surface area contributed by atoms with E-state index in [0.717, 1.165) is 0 Å². The molecule has 0 aliphatic carbocycles. The van der Waals surface area contributed by atoms with Gasteiger partial charge >= 0.3 is 5.97 Å². The fourth-order valence-corrected chi connectivity index (χ4v) is 1.71. The van der Waals surface area contributed by atoms with Crippen LogP contribution in [0.5, 0.6) is 5.75 Å². The number of halogens is 1. The second-order valence-corrected chi connectivity index (χ2v) is 3.87. The molecule has 0 unspecified atom stereocenters. The molecular weight excluding hydrogens is 278 g/mol. The predicted molar refractivity (Wildman–Crippen MR) is 62.0 cm³/mol. The number of hydrogen-bond acceptors (Lipinski definition) is 3. The summed E-state index contributed by atoms with van der Waals surface area (Å²) in [6.07, 6.45) is 0. The molecule has 2 N–H and O–H groups in total. The van der Waals surface area contributed by atoms with E-state index in [1.54, 1.807) is 6.07 Å². The van der Waals surface area contributed by atoms with Crippen LogP contribution in [0.25, 0.3) is 0 Å². The van der Waals surface area contributed by atoms with Crippen LogP contribution in [0.15, 0.2) is 16.6 Å². The lowest BCUT2D eigenvalue weighted by Gasteiger charge is -2.11. The molecule has 0 radical (unpaired) electrons. The number of nitrogens with one attached hydrogen (secondary N) is 1. The summed E-state index contributed by atoms with van der Waals surface area (Å²) in [5.74, 6) is -1.07. The topological polar surface area (TPSA) is 75.6 Å². The third kappa shape index (κ3) is 2.73. The zero-order valence-corrected chi connectivity index (χ0v) is 10.3. The average Bonchev–Trinajstić information content (AvgIpc) is 2.19. The normalized spacial score (nSPS) is 9.69. The highest BCUT2D eigenvalue weighted by molar-refractivity contribution is 9.10. The second-order valence-electron chi connectivity index (χ2n) is 3.02. The molecule has 86 valence electrons. The molecule has 1 amide bonds. The first-order valence-corrected chi connectivity index (χ1v) is 5.13. The van der Waals surface area contributed by atoms with Crippen molar-refractivity contribution in [2.45, 2.75) is 6.92 Å². The molecule has 0 aliphatic rings. The van der Waals surface area contributed by atoms with Gasteiger partial charge in [0, 0.05) is 11.4 Å². The number of anilines is 1. The summed E-state index contributed by atoms with van der Waals surface area (Å²) >= 11 is 3.18. The Bertz CT molecular complexity index is 445. The van der Waals surface area contributed by atoms with E-state index in [0.29, 0.717) is 10.2 Å². The van der Waals surface area contributed by atoms with Crippen LogP contribution in [-0.2, 0) is 4.79 Å². The van der Waals surface area contributed by atoms with Crippen molar-refractivity contribution in [1.29, 1.82) is 0 Å². The molecule has 0 aliphatic heterocycles. The summed E-state index contributed by atoms with van der Waals surface area (Å²) in [5, 5.41) is 11.4. The molecule has 16 heavy (non-hydrogen) atoms. The Hall–Kier alpha value is -1.56. The maximum atomic E-state index is 11.0. The summed E-state index contributed by atoms with van der Waals surface area (Å²) in [4.78, 5) is 21.9. The highest BCUT2D eigenvalue weighted by Crippen LogP contribution is 2.31. The molecule has 0 atom stereocenters. The molecule has 0 aromatic heterocycles. The van der Waals surface area contributed by atoms with Crippen molar-refractivity contribution in [1.82, 2.24) is 0 Å². The summed E-state index contributed by atoms with van der Waals surface area (Å²) in [7, 11) is 1.44. The Morgan fingerprint density at radius 2 is 2.06 bits per heavy atom. The molecular formula is C10H10BrNO4. The number of hydrogen-bond donors (Lipinski definition) is 2. The Morgan fingerprint density at radius 3 is 2.50 bits per heavy atom. The summed E-state index contributed by atoms with van der Waals surface area (Å²) in [5.41, 5.74) is 0.197. The third-order valence-corrected chi connectivity index (χ3v) is 2.46. The van der Waals surface area contributed by atoms with Crippen molar-refractivity contribution in [3.63, 3.8) is 0 Å². The summed E-state index contributed by atoms with van der Waals surface area (Å²) in [6, 6.07) is 2.93. The van der Waals surface area contributed by atoms with Crippen molar-refractivity contribution in [3.05, 3.63) is 22.2 Å². The number of methoxy groups -OCH3 is 1. The Kier molecular flexibility index (Phi) is 3.89. The summed E-state index contributed by atoms with van der Waals surface area (Å²) < 4.78 is 5.40. The predicted octanol–water partition coefficient (Wildman–Crippen LogP) is 2.11. The standard InChI is InChI=1S/C10H10BrNO4/c1-5(13)12-9-7(10(14)15)3-6(16-2)4-8(9)11/h3-4H,1-2H3,(H,12,13)(H,14,15). The fourth-order valence-electron chi connectivity index (χ4n) is 1.17. The molecule has 1 aromatic rings. The van der Waals surface area contributed by atoms with Crippen molar-refractivity contribution in [2.75, 3.05) is 12.4 Å². The van der Waals surface area contributed by atoms with Gasteiger partial charge in [0.05, 0.1) is 18.4 Å². The Balaban J connectivity index is 3.33. The van der Waals surface area contributed by atoms with E-state index in [4.69, 9.17) is 9.84 Å². The highest BCUT2D eigenvalue weighted by Gasteiger charge is 2.16. The number of benzene rings is 1. The van der Waals surface area contributed by atoms with Gasteiger partial charge in [0.1, 0.15) is 5.75 Å². The van der Waals surface area contributed by atoms with Crippen LogP contribution in [0.2, 0.25) is 0 Å². The Morgan fingerprint density at radius 1 is 1.44 bits per heavy atom. The van der Waals surface area contributed by atoms with Crippen LogP contribution in [0.4, 0.5) is 5.69 Å². The van der Waals surface area contributed by atoms with Crippen LogP contribution >= 0.6 is 15.9 Å². The molecule has 0 saturated heterocycles. The minimum Gasteiger partial charge on any atom is -0.497 e. The molecule has 1 aromatic carbocycles. The fraction of sp³-hybridized carbons (Fsp3) is 0.200. The third-order valence-electron chi connectivity index (χ3n) is 1.83. The largest absolute Gasteiger partial charge is 0.497 e. The lowest BCUT2D eigenvalue weighted by atomic mass is 10.1. The second kappa shape index (κ2) is 4.98. The van der Waals surface area contributed by atoms with Gasteiger partial charge in [-0.2, -0.15) is 0 Å². The van der Waals surface area contributed by atoms with Gasteiger partial charge in [-0.15, -0.1) is 0 Å². The number of carbonyl (C=O) groups excluding carboxylic acids is 1. The van der Waals surface area contributed by atoms with Gasteiger partial charge in [0.25, 0.3) is 0 Å². The van der Waals surface area contributed by atoms with Crippen molar-refractivity contribution in [3.8, 4) is 5.75 Å². The maximum Gasteiger partial charge on any atom is 0.337 e. The van der Waals surface area contributed by atoms with Crippen molar-refractivity contribution in [2.24, 2.45) is 0 Å². The average molecular weight is 288 g/mol. The summed E-state index contributed by atoms with van der Waals surface area (Å²) in [6.45, 7) is 1.31. The molecule has 5 nitrogen and oxygen atoms in total. The van der Waals surface area contributed by atoms with E-state index in [9.17, 15) is 9.59 Å². The minimum atomic E-state index is -1.14. The lowest BCUT2D eigenvalue weighted by molar-refractivity contribution is -0.114. The van der Waals surface area contributed by atoms with E-state index >= 15 is 0 Å². The van der Waals surface area contributed by atoms with Gasteiger partial charge in [0.2, 0.25) is 5.91 Å². The van der Waals surface area contributed by atoms with Gasteiger partial charge in [0.15, 0.2) is 0 Å². The van der Waals surface area contributed by atoms with Crippen molar-refractivity contribution >= 4 is 33.5 Å². The monoisotopic (exact) mass is 287 g/mol. The molecule has 0 fully saturated rings. The van der Waals surface area contributed by atoms with Gasteiger partial charge < -0.3 is 15.2 Å². The lowest BCUT2D eigenvalue weighted by Crippen LogP contribution is -2.11. The molecule has 0 saturated carbocycles. The Labute approximate surface area is 101 Å². The van der Waals surface area contributed by atoms with E-state index in [2.05, 4.69) is 21.2 Å². The van der Waals surface area contributed by atoms with E-state index < -0.39 is 5.97 Å². The minimum absolute atomic E-state index is 0.0265. The van der Waals surface area contributed by atoms with E-state index in [1.807, 2.05) is 0 Å². The van der Waals surface area contributed by atoms with Crippen LogP contribution in [0.3, 0.4) is 0 Å². The van der Waals surface area contributed by atoms with E-state index in [1.165, 1.54) is 20.1 Å². The number of carboxylic acid groups (broad SMARTS) is 1. The smallest absolute Gasteiger partial charge is 0.337 e. The van der Waals surface area contributed by atoms with Crippen LogP contribution in [-0.4, -0.2) is 24.1 Å². The maximum absolute atomic E-state index is 11.0. The highest BCUT2D eigenvalue weighted by atomic mass is 79.9. The zero-order valence-electron chi connectivity index (χ0n) is 8.70. The molecule has 6 heteroatoms. The quantitative estimate of drug-likeness (QED) is 0.893. The van der Waals surface area contributed by atoms with E-state index in [-0.39, 0.29) is 17.2 Å². The van der Waals surface area contributed by atoms with Crippen LogP contribution in [0, 0.1) is 0 Å². The van der Waals surface area contributed by atoms with Crippen molar-refractivity contribution < 1.29 is 19.4 Å². The number of carboxylic acids is 1. The first-order valence-electron chi connectivity index (χ1n) is 4.34.